The highest BCUT2D eigenvalue weighted by Crippen LogP contribution is 2.35. The van der Waals surface area contributed by atoms with Crippen LogP contribution >= 0.6 is 0 Å². The van der Waals surface area contributed by atoms with Crippen LogP contribution in [0.1, 0.15) is 0 Å². The third kappa shape index (κ3) is 2.00. The standard InChI is InChI=1S/C16H12N6O2/c1-2-4-14-12(3-1)20-21-22(14)24-15-8-18-13-6-5-11-10(16(13)23-15)7-17-9-19-11/h1-7,9,15,18H,8H2. The van der Waals surface area contributed by atoms with Crippen LogP contribution in [0, 0.1) is 0 Å². The topological polar surface area (TPSA) is 87.0 Å². The van der Waals surface area contributed by atoms with Crippen molar-refractivity contribution in [3.8, 4) is 5.75 Å². The minimum Gasteiger partial charge on any atom is -0.448 e. The quantitative estimate of drug-likeness (QED) is 0.600. The van der Waals surface area contributed by atoms with Crippen LogP contribution in [0.3, 0.4) is 0 Å². The summed E-state index contributed by atoms with van der Waals surface area (Å²) in [6.45, 7) is 0.486. The highest BCUT2D eigenvalue weighted by atomic mass is 16.8. The number of fused-ring (bicyclic) bond motifs is 4. The van der Waals surface area contributed by atoms with E-state index in [1.54, 1.807) is 6.20 Å². The lowest BCUT2D eigenvalue weighted by atomic mass is 10.2. The number of ether oxygens (including phenoxy) is 1. The molecule has 8 nitrogen and oxygen atoms in total. The van der Waals surface area contributed by atoms with E-state index in [0.29, 0.717) is 12.3 Å². The van der Waals surface area contributed by atoms with E-state index in [0.717, 1.165) is 27.6 Å². The van der Waals surface area contributed by atoms with Crippen LogP contribution < -0.4 is 14.9 Å². The lowest BCUT2D eigenvalue weighted by molar-refractivity contribution is -0.0887. The monoisotopic (exact) mass is 320 g/mol. The number of aromatic nitrogens is 5. The van der Waals surface area contributed by atoms with Crippen molar-refractivity contribution >= 4 is 27.6 Å². The minimum atomic E-state index is -0.548. The molecule has 24 heavy (non-hydrogen) atoms. The van der Waals surface area contributed by atoms with Crippen LogP contribution in [-0.2, 0) is 0 Å². The normalized spacial score (nSPS) is 16.4. The van der Waals surface area contributed by atoms with Gasteiger partial charge in [-0.15, -0.1) is 5.10 Å². The van der Waals surface area contributed by atoms with Crippen molar-refractivity contribution in [3.05, 3.63) is 48.9 Å². The number of rotatable bonds is 2. The van der Waals surface area contributed by atoms with E-state index < -0.39 is 6.29 Å². The fourth-order valence-electron chi connectivity index (χ4n) is 2.76. The van der Waals surface area contributed by atoms with Gasteiger partial charge in [-0.3, -0.25) is 0 Å². The van der Waals surface area contributed by atoms with Gasteiger partial charge < -0.3 is 14.9 Å². The van der Waals surface area contributed by atoms with E-state index in [1.165, 1.54) is 11.2 Å². The van der Waals surface area contributed by atoms with Gasteiger partial charge in [0.25, 0.3) is 6.29 Å². The molecule has 5 rings (SSSR count). The number of hydrogen-bond donors (Lipinski definition) is 1. The molecule has 0 spiro atoms. The fourth-order valence-corrected chi connectivity index (χ4v) is 2.76. The SMILES string of the molecule is c1ccc2c(c1)nnn2OC1CNc2ccc3ncncc3c2O1. The third-order valence-electron chi connectivity index (χ3n) is 3.89. The van der Waals surface area contributed by atoms with E-state index in [-0.39, 0.29) is 0 Å². The number of hydrogen-bond acceptors (Lipinski definition) is 7. The predicted molar refractivity (Wildman–Crippen MR) is 86.6 cm³/mol. The van der Waals surface area contributed by atoms with Crippen LogP contribution in [0.2, 0.25) is 0 Å². The van der Waals surface area contributed by atoms with Gasteiger partial charge in [0.15, 0.2) is 5.75 Å². The number of nitrogens with zero attached hydrogens (tertiary/aromatic N) is 5. The Kier molecular flexibility index (Phi) is 2.75. The van der Waals surface area contributed by atoms with Crippen molar-refractivity contribution in [2.45, 2.75) is 6.29 Å². The lowest BCUT2D eigenvalue weighted by Gasteiger charge is -2.27. The zero-order valence-electron chi connectivity index (χ0n) is 12.5. The third-order valence-corrected chi connectivity index (χ3v) is 3.89. The van der Waals surface area contributed by atoms with E-state index >= 15 is 0 Å². The van der Waals surface area contributed by atoms with Crippen LogP contribution in [0.4, 0.5) is 5.69 Å². The summed E-state index contributed by atoms with van der Waals surface area (Å²) in [5.74, 6) is 0.675. The Morgan fingerprint density at radius 1 is 1.17 bits per heavy atom. The van der Waals surface area contributed by atoms with Crippen molar-refractivity contribution in [2.75, 3.05) is 11.9 Å². The van der Waals surface area contributed by atoms with Crippen LogP contribution in [0.5, 0.6) is 5.75 Å². The summed E-state index contributed by atoms with van der Waals surface area (Å²) in [4.78, 5) is 15.5. The Hall–Kier alpha value is -3.42. The number of nitrogens with one attached hydrogen (secondary N) is 1. The van der Waals surface area contributed by atoms with E-state index in [2.05, 4.69) is 25.6 Å². The Morgan fingerprint density at radius 2 is 2.12 bits per heavy atom. The molecule has 0 radical (unpaired) electrons. The van der Waals surface area contributed by atoms with Crippen molar-refractivity contribution < 1.29 is 9.57 Å². The number of benzene rings is 2. The molecule has 118 valence electrons. The summed E-state index contributed by atoms with van der Waals surface area (Å²) < 4.78 is 6.01. The smallest absolute Gasteiger partial charge is 0.282 e. The zero-order valence-corrected chi connectivity index (χ0v) is 12.5. The first-order chi connectivity index (χ1) is 11.9. The second-order valence-electron chi connectivity index (χ2n) is 5.38. The van der Waals surface area contributed by atoms with Crippen molar-refractivity contribution in [1.82, 2.24) is 25.1 Å². The average Bonchev–Trinajstić information content (AvgIpc) is 3.05. The second kappa shape index (κ2) is 5.05. The Labute approximate surface area is 136 Å². The molecule has 2 aromatic heterocycles. The lowest BCUT2D eigenvalue weighted by Crippen LogP contribution is -2.40. The number of anilines is 1. The van der Waals surface area contributed by atoms with Gasteiger partial charge in [0, 0.05) is 6.20 Å². The average molecular weight is 320 g/mol. The summed E-state index contributed by atoms with van der Waals surface area (Å²) in [6, 6.07) is 11.4. The van der Waals surface area contributed by atoms with Gasteiger partial charge in [-0.05, 0) is 29.5 Å². The largest absolute Gasteiger partial charge is 0.448 e. The molecule has 0 fully saturated rings. The maximum absolute atomic E-state index is 6.01. The van der Waals surface area contributed by atoms with Gasteiger partial charge in [-0.2, -0.15) is 0 Å². The highest BCUT2D eigenvalue weighted by molar-refractivity contribution is 5.90. The molecule has 2 aromatic carbocycles. The second-order valence-corrected chi connectivity index (χ2v) is 5.38. The van der Waals surface area contributed by atoms with Gasteiger partial charge in [0.2, 0.25) is 0 Å². The summed E-state index contributed by atoms with van der Waals surface area (Å²) in [5.41, 5.74) is 3.26. The molecule has 4 aromatic rings. The first-order valence-corrected chi connectivity index (χ1v) is 7.49. The van der Waals surface area contributed by atoms with Gasteiger partial charge in [-0.1, -0.05) is 17.0 Å². The molecular weight excluding hydrogens is 308 g/mol. The van der Waals surface area contributed by atoms with Gasteiger partial charge in [0.1, 0.15) is 17.4 Å². The fraction of sp³-hybridized carbons (Fsp3) is 0.125. The Morgan fingerprint density at radius 3 is 3.12 bits per heavy atom. The molecule has 0 saturated heterocycles. The number of para-hydroxylation sites is 1. The predicted octanol–water partition coefficient (Wildman–Crippen LogP) is 1.63. The molecule has 3 heterocycles. The molecule has 0 bridgehead atoms. The molecule has 1 unspecified atom stereocenters. The van der Waals surface area contributed by atoms with Crippen molar-refractivity contribution in [2.24, 2.45) is 0 Å². The molecule has 0 amide bonds. The molecular formula is C16H12N6O2. The van der Waals surface area contributed by atoms with E-state index in [1.807, 2.05) is 36.4 Å². The Bertz CT molecular complexity index is 1050. The minimum absolute atomic E-state index is 0.486. The first kappa shape index (κ1) is 13.1. The van der Waals surface area contributed by atoms with Crippen molar-refractivity contribution in [3.63, 3.8) is 0 Å². The molecule has 8 heteroatoms. The molecule has 0 aliphatic carbocycles. The maximum atomic E-state index is 6.01. The summed E-state index contributed by atoms with van der Waals surface area (Å²) in [7, 11) is 0. The van der Waals surface area contributed by atoms with Crippen LogP contribution in [0.15, 0.2) is 48.9 Å². The van der Waals surface area contributed by atoms with Crippen molar-refractivity contribution in [1.29, 1.82) is 0 Å². The first-order valence-electron chi connectivity index (χ1n) is 7.49. The molecule has 1 atom stereocenters. The summed E-state index contributed by atoms with van der Waals surface area (Å²) >= 11 is 0. The van der Waals surface area contributed by atoms with Gasteiger partial charge in [0.05, 0.1) is 23.1 Å². The maximum Gasteiger partial charge on any atom is 0.282 e. The van der Waals surface area contributed by atoms with Gasteiger partial charge >= 0.3 is 0 Å². The summed E-state index contributed by atoms with van der Waals surface area (Å²) in [5, 5.41) is 12.2. The highest BCUT2D eigenvalue weighted by Gasteiger charge is 2.24. The van der Waals surface area contributed by atoms with E-state index in [4.69, 9.17) is 9.57 Å². The van der Waals surface area contributed by atoms with Gasteiger partial charge in [-0.25, -0.2) is 9.97 Å². The molecule has 1 aliphatic rings. The zero-order chi connectivity index (χ0) is 15.9. The summed E-state index contributed by atoms with van der Waals surface area (Å²) in [6.07, 6.45) is 2.70. The Balaban J connectivity index is 1.49. The van der Waals surface area contributed by atoms with Crippen LogP contribution in [-0.4, -0.2) is 38.0 Å². The van der Waals surface area contributed by atoms with E-state index in [9.17, 15) is 0 Å². The molecule has 1 aliphatic heterocycles. The van der Waals surface area contributed by atoms with Crippen LogP contribution in [0.25, 0.3) is 21.9 Å². The molecule has 1 N–H and O–H groups in total. The molecule has 0 saturated carbocycles.